The van der Waals surface area contributed by atoms with Crippen molar-refractivity contribution in [3.8, 4) is 0 Å². The summed E-state index contributed by atoms with van der Waals surface area (Å²) in [5, 5.41) is 0. The fraction of sp³-hybridized carbons (Fsp3) is 0.833. The van der Waals surface area contributed by atoms with Gasteiger partial charge in [-0.1, -0.05) is 39.3 Å². The summed E-state index contributed by atoms with van der Waals surface area (Å²) in [4.78, 5) is 0. The van der Waals surface area contributed by atoms with Crippen molar-refractivity contribution in [2.75, 3.05) is 13.1 Å². The summed E-state index contributed by atoms with van der Waals surface area (Å²) in [7, 11) is 0. The van der Waals surface area contributed by atoms with Crippen LogP contribution in [0.25, 0.3) is 0 Å². The van der Waals surface area contributed by atoms with Crippen LogP contribution in [0.2, 0.25) is 0 Å². The lowest BCUT2D eigenvalue weighted by Gasteiger charge is -2.27. The van der Waals surface area contributed by atoms with Gasteiger partial charge in [0, 0.05) is 13.1 Å². The van der Waals surface area contributed by atoms with Crippen LogP contribution in [-0.4, -0.2) is 17.5 Å². The van der Waals surface area contributed by atoms with Gasteiger partial charge >= 0.3 is 0 Å². The van der Waals surface area contributed by atoms with Crippen LogP contribution in [0.5, 0.6) is 0 Å². The molecule has 0 spiro atoms. The highest BCUT2D eigenvalue weighted by molar-refractivity contribution is 6.13. The Kier molecular flexibility index (Phi) is 7.30. The molecule has 0 saturated carbocycles. The third-order valence-electron chi connectivity index (χ3n) is 2.26. The van der Waals surface area contributed by atoms with Crippen LogP contribution in [0, 0.1) is 5.41 Å². The Hall–Kier alpha value is -0.0100. The molecule has 0 aromatic heterocycles. The minimum absolute atomic E-state index is 0.280. The Labute approximate surface area is 94.2 Å². The minimum atomic E-state index is 0.280. The molecular weight excluding hydrogens is 194 g/mol. The van der Waals surface area contributed by atoms with Gasteiger partial charge in [-0.3, -0.25) is 0 Å². The second kappa shape index (κ2) is 7.30. The molecule has 14 heavy (non-hydrogen) atoms. The molecule has 2 heteroatoms. The van der Waals surface area contributed by atoms with Crippen LogP contribution in [0.3, 0.4) is 0 Å². The SMILES string of the molecule is C/C=C/CC(C)(C)CN(Cl)CCCC. The van der Waals surface area contributed by atoms with Crippen LogP contribution >= 0.6 is 11.8 Å². The first-order valence-corrected chi connectivity index (χ1v) is 5.87. The van der Waals surface area contributed by atoms with Gasteiger partial charge in [-0.15, -0.1) is 0 Å². The molecule has 0 aromatic carbocycles. The second-order valence-corrected chi connectivity index (χ2v) is 5.11. The maximum Gasteiger partial charge on any atom is 0.0193 e. The highest BCUT2D eigenvalue weighted by Gasteiger charge is 2.19. The summed E-state index contributed by atoms with van der Waals surface area (Å²) in [6.07, 6.45) is 7.80. The summed E-state index contributed by atoms with van der Waals surface area (Å²) in [6.45, 7) is 10.7. The minimum Gasteiger partial charge on any atom is -0.220 e. The zero-order valence-corrected chi connectivity index (χ0v) is 10.8. The van der Waals surface area contributed by atoms with Gasteiger partial charge in [0.1, 0.15) is 0 Å². The van der Waals surface area contributed by atoms with Crippen LogP contribution < -0.4 is 0 Å². The first-order chi connectivity index (χ1) is 6.52. The van der Waals surface area contributed by atoms with Crippen molar-refractivity contribution in [2.24, 2.45) is 5.41 Å². The van der Waals surface area contributed by atoms with E-state index in [9.17, 15) is 0 Å². The maximum absolute atomic E-state index is 6.13. The average Bonchev–Trinajstić information content (AvgIpc) is 2.11. The standard InChI is InChI=1S/C12H24ClN/c1-5-7-9-12(3,4)11-14(13)10-8-6-2/h5,7H,6,8-11H2,1-4H3/b7-5+. The summed E-state index contributed by atoms with van der Waals surface area (Å²) in [5.74, 6) is 0. The molecule has 0 amide bonds. The first kappa shape index (κ1) is 14.0. The van der Waals surface area contributed by atoms with Crippen molar-refractivity contribution in [1.82, 2.24) is 4.42 Å². The van der Waals surface area contributed by atoms with Gasteiger partial charge in [0.15, 0.2) is 0 Å². The van der Waals surface area contributed by atoms with Gasteiger partial charge in [-0.2, -0.15) is 0 Å². The molecule has 0 N–H and O–H groups in total. The fourth-order valence-electron chi connectivity index (χ4n) is 1.37. The van der Waals surface area contributed by atoms with E-state index in [-0.39, 0.29) is 5.41 Å². The molecule has 1 nitrogen and oxygen atoms in total. The molecule has 0 atom stereocenters. The van der Waals surface area contributed by atoms with Crippen LogP contribution in [0.1, 0.15) is 47.0 Å². The quantitative estimate of drug-likeness (QED) is 0.456. The lowest BCUT2D eigenvalue weighted by molar-refractivity contribution is 0.267. The zero-order valence-electron chi connectivity index (χ0n) is 10.0. The Balaban J connectivity index is 3.81. The molecule has 0 fully saturated rings. The van der Waals surface area contributed by atoms with Gasteiger partial charge in [0.25, 0.3) is 0 Å². The number of rotatable bonds is 7. The number of allylic oxidation sites excluding steroid dienone is 2. The largest absolute Gasteiger partial charge is 0.220 e. The van der Waals surface area contributed by atoms with Crippen molar-refractivity contribution >= 4 is 11.8 Å². The highest BCUT2D eigenvalue weighted by Crippen LogP contribution is 2.23. The third-order valence-corrected chi connectivity index (χ3v) is 2.55. The van der Waals surface area contributed by atoms with E-state index in [2.05, 4.69) is 39.8 Å². The molecule has 0 bridgehead atoms. The Morgan fingerprint density at radius 1 is 1.36 bits per heavy atom. The fourth-order valence-corrected chi connectivity index (χ4v) is 1.82. The Morgan fingerprint density at radius 2 is 2.00 bits per heavy atom. The lowest BCUT2D eigenvalue weighted by Crippen LogP contribution is -2.28. The first-order valence-electron chi connectivity index (χ1n) is 5.53. The Bertz CT molecular complexity index is 164. The van der Waals surface area contributed by atoms with E-state index in [0.717, 1.165) is 19.5 Å². The number of hydrogen-bond acceptors (Lipinski definition) is 1. The van der Waals surface area contributed by atoms with Crippen LogP contribution in [0.15, 0.2) is 12.2 Å². The maximum atomic E-state index is 6.13. The summed E-state index contributed by atoms with van der Waals surface area (Å²) in [6, 6.07) is 0. The summed E-state index contributed by atoms with van der Waals surface area (Å²) in [5.41, 5.74) is 0.280. The molecule has 0 aliphatic carbocycles. The predicted molar refractivity (Wildman–Crippen MR) is 65.5 cm³/mol. The highest BCUT2D eigenvalue weighted by atomic mass is 35.5. The predicted octanol–water partition coefficient (Wildman–Crippen LogP) is 4.23. The molecule has 0 heterocycles. The van der Waals surface area contributed by atoms with E-state index < -0.39 is 0 Å². The van der Waals surface area contributed by atoms with Crippen molar-refractivity contribution in [2.45, 2.75) is 47.0 Å². The molecule has 0 rings (SSSR count). The molecule has 0 aliphatic rings. The summed E-state index contributed by atoms with van der Waals surface area (Å²) >= 11 is 6.13. The van der Waals surface area contributed by atoms with E-state index in [1.807, 2.05) is 4.42 Å². The van der Waals surface area contributed by atoms with Crippen molar-refractivity contribution in [3.63, 3.8) is 0 Å². The van der Waals surface area contributed by atoms with Gasteiger partial charge in [-0.05, 0) is 37.0 Å². The van der Waals surface area contributed by atoms with Crippen molar-refractivity contribution in [3.05, 3.63) is 12.2 Å². The van der Waals surface area contributed by atoms with Gasteiger partial charge in [0.05, 0.1) is 0 Å². The number of unbranched alkanes of at least 4 members (excludes halogenated alkanes) is 1. The molecule has 0 aliphatic heterocycles. The monoisotopic (exact) mass is 217 g/mol. The van der Waals surface area contributed by atoms with Crippen LogP contribution in [-0.2, 0) is 0 Å². The van der Waals surface area contributed by atoms with Gasteiger partial charge < -0.3 is 0 Å². The normalized spacial score (nSPS) is 13.0. The average molecular weight is 218 g/mol. The van der Waals surface area contributed by atoms with E-state index in [4.69, 9.17) is 11.8 Å². The molecule has 0 unspecified atom stereocenters. The van der Waals surface area contributed by atoms with Gasteiger partial charge in [0.2, 0.25) is 0 Å². The lowest BCUT2D eigenvalue weighted by atomic mass is 9.89. The molecule has 84 valence electrons. The molecule has 0 radical (unpaired) electrons. The number of halogens is 1. The third kappa shape index (κ3) is 7.40. The van der Waals surface area contributed by atoms with Crippen LogP contribution in [0.4, 0.5) is 0 Å². The van der Waals surface area contributed by atoms with E-state index in [1.54, 1.807) is 0 Å². The Morgan fingerprint density at radius 3 is 2.50 bits per heavy atom. The topological polar surface area (TPSA) is 3.24 Å². The number of hydrogen-bond donors (Lipinski definition) is 0. The number of nitrogens with zero attached hydrogens (tertiary/aromatic N) is 1. The van der Waals surface area contributed by atoms with E-state index in [1.165, 1.54) is 12.8 Å². The van der Waals surface area contributed by atoms with E-state index >= 15 is 0 Å². The molecule has 0 aromatic rings. The smallest absolute Gasteiger partial charge is 0.0193 e. The van der Waals surface area contributed by atoms with E-state index in [0.29, 0.717) is 0 Å². The zero-order chi connectivity index (χ0) is 11.0. The van der Waals surface area contributed by atoms with Gasteiger partial charge in [-0.25, -0.2) is 4.42 Å². The second-order valence-electron chi connectivity index (χ2n) is 4.64. The molecular formula is C12H24ClN. The molecule has 0 saturated heterocycles. The van der Waals surface area contributed by atoms with Crippen molar-refractivity contribution < 1.29 is 0 Å². The summed E-state index contributed by atoms with van der Waals surface area (Å²) < 4.78 is 1.92. The van der Waals surface area contributed by atoms with Crippen molar-refractivity contribution in [1.29, 1.82) is 0 Å².